The number of rotatable bonds is 2. The zero-order valence-electron chi connectivity index (χ0n) is 12.7. The molecule has 2 N–H and O–H groups in total. The van der Waals surface area contributed by atoms with Crippen molar-refractivity contribution in [1.82, 2.24) is 4.98 Å². The minimum atomic E-state index is 0.489. The molecule has 0 aliphatic carbocycles. The van der Waals surface area contributed by atoms with Crippen LogP contribution in [0, 0.1) is 6.92 Å². The zero-order chi connectivity index (χ0) is 15.0. The van der Waals surface area contributed by atoms with Gasteiger partial charge in [-0.2, -0.15) is 0 Å². The number of nitrogens with two attached hydrogens (primary N) is 1. The molecule has 2 nitrogen and oxygen atoms in total. The molecule has 21 heavy (non-hydrogen) atoms. The molecular formula is C19H20N2. The summed E-state index contributed by atoms with van der Waals surface area (Å²) in [5.74, 6) is 0.489. The van der Waals surface area contributed by atoms with Crippen molar-refractivity contribution in [2.24, 2.45) is 0 Å². The van der Waals surface area contributed by atoms with Gasteiger partial charge in [-0.15, -0.1) is 0 Å². The summed E-state index contributed by atoms with van der Waals surface area (Å²) < 4.78 is 0. The highest BCUT2D eigenvalue weighted by molar-refractivity contribution is 5.95. The first-order chi connectivity index (χ1) is 10.1. The summed E-state index contributed by atoms with van der Waals surface area (Å²) in [5, 5.41) is 1.05. The highest BCUT2D eigenvalue weighted by Crippen LogP contribution is 2.32. The van der Waals surface area contributed by atoms with E-state index in [1.54, 1.807) is 0 Å². The molecule has 0 fully saturated rings. The molecule has 1 heterocycles. The van der Waals surface area contributed by atoms with Crippen LogP contribution in [0.25, 0.3) is 22.2 Å². The summed E-state index contributed by atoms with van der Waals surface area (Å²) in [6.45, 7) is 6.43. The number of hydrogen-bond acceptors (Lipinski definition) is 2. The first-order valence-electron chi connectivity index (χ1n) is 7.33. The van der Waals surface area contributed by atoms with Crippen LogP contribution < -0.4 is 5.73 Å². The molecule has 0 amide bonds. The number of hydrogen-bond donors (Lipinski definition) is 1. The van der Waals surface area contributed by atoms with Crippen molar-refractivity contribution in [3.05, 3.63) is 59.7 Å². The summed E-state index contributed by atoms with van der Waals surface area (Å²) in [6, 6.07) is 16.6. The molecule has 0 saturated heterocycles. The lowest BCUT2D eigenvalue weighted by molar-refractivity contribution is 0.868. The molecule has 3 rings (SSSR count). The van der Waals surface area contributed by atoms with E-state index in [0.717, 1.165) is 33.4 Å². The first-order valence-corrected chi connectivity index (χ1v) is 7.33. The van der Waals surface area contributed by atoms with Gasteiger partial charge in [0, 0.05) is 16.6 Å². The monoisotopic (exact) mass is 276 g/mol. The first kappa shape index (κ1) is 13.6. The molecule has 1 aromatic heterocycles. The Morgan fingerprint density at radius 1 is 1.00 bits per heavy atom. The topological polar surface area (TPSA) is 38.9 Å². The minimum absolute atomic E-state index is 0.489. The molecule has 2 heteroatoms. The van der Waals surface area contributed by atoms with Gasteiger partial charge in [0.25, 0.3) is 0 Å². The third-order valence-corrected chi connectivity index (χ3v) is 4.02. The number of aromatic nitrogens is 1. The molecule has 0 atom stereocenters. The van der Waals surface area contributed by atoms with E-state index in [1.807, 2.05) is 25.1 Å². The maximum absolute atomic E-state index is 6.39. The summed E-state index contributed by atoms with van der Waals surface area (Å²) in [6.07, 6.45) is 0. The van der Waals surface area contributed by atoms with Crippen molar-refractivity contribution in [2.75, 3.05) is 5.73 Å². The van der Waals surface area contributed by atoms with E-state index in [0.29, 0.717) is 5.92 Å². The van der Waals surface area contributed by atoms with E-state index < -0.39 is 0 Å². The van der Waals surface area contributed by atoms with Crippen LogP contribution in [-0.4, -0.2) is 4.98 Å². The van der Waals surface area contributed by atoms with Gasteiger partial charge >= 0.3 is 0 Å². The number of pyridine rings is 1. The smallest absolute Gasteiger partial charge is 0.0759 e. The van der Waals surface area contributed by atoms with E-state index in [-0.39, 0.29) is 0 Å². The van der Waals surface area contributed by atoms with Gasteiger partial charge < -0.3 is 5.73 Å². The predicted octanol–water partition coefficient (Wildman–Crippen LogP) is 4.92. The predicted molar refractivity (Wildman–Crippen MR) is 90.4 cm³/mol. The average molecular weight is 276 g/mol. The van der Waals surface area contributed by atoms with Crippen LogP contribution in [-0.2, 0) is 0 Å². The average Bonchev–Trinajstić information content (AvgIpc) is 2.51. The van der Waals surface area contributed by atoms with Crippen molar-refractivity contribution >= 4 is 16.6 Å². The van der Waals surface area contributed by atoms with E-state index in [1.165, 1.54) is 5.56 Å². The molecule has 0 radical (unpaired) electrons. The molecule has 106 valence electrons. The lowest BCUT2D eigenvalue weighted by Crippen LogP contribution is -1.99. The summed E-state index contributed by atoms with van der Waals surface area (Å²) >= 11 is 0. The van der Waals surface area contributed by atoms with Crippen LogP contribution in [0.2, 0.25) is 0 Å². The Morgan fingerprint density at radius 2 is 1.71 bits per heavy atom. The third-order valence-electron chi connectivity index (χ3n) is 4.02. The van der Waals surface area contributed by atoms with Gasteiger partial charge in [0.15, 0.2) is 0 Å². The van der Waals surface area contributed by atoms with Crippen LogP contribution >= 0.6 is 0 Å². The van der Waals surface area contributed by atoms with Crippen LogP contribution in [0.1, 0.15) is 30.9 Å². The van der Waals surface area contributed by atoms with E-state index in [2.05, 4.69) is 44.2 Å². The van der Waals surface area contributed by atoms with Gasteiger partial charge in [-0.3, -0.25) is 0 Å². The van der Waals surface area contributed by atoms with Crippen molar-refractivity contribution in [3.8, 4) is 11.3 Å². The minimum Gasteiger partial charge on any atom is -0.398 e. The normalized spacial score (nSPS) is 11.2. The van der Waals surface area contributed by atoms with E-state index >= 15 is 0 Å². The molecule has 0 bridgehead atoms. The number of anilines is 1. The zero-order valence-corrected chi connectivity index (χ0v) is 12.7. The lowest BCUT2D eigenvalue weighted by atomic mass is 9.97. The Labute approximate surface area is 125 Å². The fourth-order valence-electron chi connectivity index (χ4n) is 2.64. The highest BCUT2D eigenvalue weighted by Gasteiger charge is 2.12. The van der Waals surface area contributed by atoms with Crippen LogP contribution in [0.5, 0.6) is 0 Å². The Morgan fingerprint density at radius 3 is 2.38 bits per heavy atom. The number of fused-ring (bicyclic) bond motifs is 1. The standard InChI is InChI=1S/C19H20N2/c1-12(2)15-9-10-17-16(11-15)18(20)13(3)19(21-17)14-7-5-4-6-8-14/h4-12H,1-3H3,(H2,20,21). The summed E-state index contributed by atoms with van der Waals surface area (Å²) in [7, 11) is 0. The van der Waals surface area contributed by atoms with Crippen LogP contribution in [0.3, 0.4) is 0 Å². The summed E-state index contributed by atoms with van der Waals surface area (Å²) in [4.78, 5) is 4.83. The van der Waals surface area contributed by atoms with Gasteiger partial charge in [-0.1, -0.05) is 50.2 Å². The van der Waals surface area contributed by atoms with Crippen molar-refractivity contribution in [3.63, 3.8) is 0 Å². The van der Waals surface area contributed by atoms with Gasteiger partial charge in [-0.25, -0.2) is 4.98 Å². The van der Waals surface area contributed by atoms with Gasteiger partial charge in [0.05, 0.1) is 11.2 Å². The largest absolute Gasteiger partial charge is 0.398 e. The number of nitrogen functional groups attached to an aromatic ring is 1. The molecule has 0 unspecified atom stereocenters. The lowest BCUT2D eigenvalue weighted by Gasteiger charge is -2.13. The van der Waals surface area contributed by atoms with Gasteiger partial charge in [-0.05, 0) is 36.1 Å². The Hall–Kier alpha value is -2.35. The summed E-state index contributed by atoms with van der Waals surface area (Å²) in [5.41, 5.74) is 12.6. The molecule has 3 aromatic rings. The third kappa shape index (κ3) is 2.38. The fourth-order valence-corrected chi connectivity index (χ4v) is 2.64. The SMILES string of the molecule is Cc1c(-c2ccccc2)nc2ccc(C(C)C)cc2c1N. The quantitative estimate of drug-likeness (QED) is 0.721. The second-order valence-corrected chi connectivity index (χ2v) is 5.80. The van der Waals surface area contributed by atoms with Crippen LogP contribution in [0.15, 0.2) is 48.5 Å². The molecule has 2 aromatic carbocycles. The van der Waals surface area contributed by atoms with Crippen LogP contribution in [0.4, 0.5) is 5.69 Å². The molecular weight excluding hydrogens is 256 g/mol. The van der Waals surface area contributed by atoms with Crippen molar-refractivity contribution in [2.45, 2.75) is 26.7 Å². The van der Waals surface area contributed by atoms with Crippen molar-refractivity contribution in [1.29, 1.82) is 0 Å². The number of nitrogens with zero attached hydrogens (tertiary/aromatic N) is 1. The Kier molecular flexibility index (Phi) is 3.38. The Bertz CT molecular complexity index is 790. The second kappa shape index (κ2) is 5.21. The highest BCUT2D eigenvalue weighted by atomic mass is 14.7. The maximum Gasteiger partial charge on any atom is 0.0759 e. The number of benzene rings is 2. The molecule has 0 spiro atoms. The van der Waals surface area contributed by atoms with E-state index in [4.69, 9.17) is 10.7 Å². The van der Waals surface area contributed by atoms with Crippen molar-refractivity contribution < 1.29 is 0 Å². The molecule has 0 aliphatic heterocycles. The molecule has 0 aliphatic rings. The second-order valence-electron chi connectivity index (χ2n) is 5.80. The maximum atomic E-state index is 6.39. The van der Waals surface area contributed by atoms with Gasteiger partial charge in [0.1, 0.15) is 0 Å². The fraction of sp³-hybridized carbons (Fsp3) is 0.211. The molecule has 0 saturated carbocycles. The van der Waals surface area contributed by atoms with Gasteiger partial charge in [0.2, 0.25) is 0 Å². The Balaban J connectivity index is 2.27. The van der Waals surface area contributed by atoms with E-state index in [9.17, 15) is 0 Å².